The van der Waals surface area contributed by atoms with Crippen molar-refractivity contribution in [1.29, 1.82) is 0 Å². The first kappa shape index (κ1) is 17.7. The molecule has 2 aliphatic rings. The number of nitrogens with one attached hydrogen (secondary N) is 2. The number of hydrogen-bond acceptors (Lipinski definition) is 7. The SMILES string of the molecule is Cc1cc(=S)nc2c3c(n(C4O[C@H](CO)[C@@H](O)[C@@]4(C)O)cc13)NC(=S)N2. The summed E-state index contributed by atoms with van der Waals surface area (Å²) in [7, 11) is 0. The lowest BCUT2D eigenvalue weighted by Crippen LogP contribution is -2.44. The first-order chi connectivity index (χ1) is 12.2. The highest BCUT2D eigenvalue weighted by molar-refractivity contribution is 7.80. The van der Waals surface area contributed by atoms with Crippen LogP contribution in [0.1, 0.15) is 18.7 Å². The van der Waals surface area contributed by atoms with E-state index in [1.807, 2.05) is 6.92 Å². The standard InChI is InChI=1S/C16H18N4O4S2/c1-6-3-9(25)17-12-10-7(6)4-20(13(10)19-15(26)18-12)14-16(2,23)11(22)8(5-21)24-14/h3-4,8,11,14,21-23H,5H2,1-2H3,(H2,17,18,19,25,26)/t8-,11-,14?,16-/m1/s1. The van der Waals surface area contributed by atoms with Crippen molar-refractivity contribution in [2.45, 2.75) is 37.9 Å². The Morgan fingerprint density at radius 2 is 2.12 bits per heavy atom. The largest absolute Gasteiger partial charge is 0.394 e. The third kappa shape index (κ3) is 2.45. The van der Waals surface area contributed by atoms with Crippen molar-refractivity contribution >= 4 is 52.0 Å². The van der Waals surface area contributed by atoms with E-state index >= 15 is 0 Å². The van der Waals surface area contributed by atoms with E-state index in [0.29, 0.717) is 21.4 Å². The Kier molecular flexibility index (Phi) is 4.03. The van der Waals surface area contributed by atoms with Gasteiger partial charge in [0.1, 0.15) is 34.1 Å². The number of aromatic nitrogens is 2. The molecule has 4 atom stereocenters. The molecule has 10 heteroatoms. The van der Waals surface area contributed by atoms with Crippen LogP contribution in [0.4, 0.5) is 11.6 Å². The average molecular weight is 394 g/mol. The first-order valence-corrected chi connectivity index (χ1v) is 8.87. The van der Waals surface area contributed by atoms with Gasteiger partial charge in [0, 0.05) is 11.6 Å². The number of rotatable bonds is 2. The highest BCUT2D eigenvalue weighted by atomic mass is 32.1. The minimum absolute atomic E-state index is 0.335. The normalized spacial score (nSPS) is 30.3. The van der Waals surface area contributed by atoms with E-state index in [1.165, 1.54) is 6.92 Å². The Morgan fingerprint density at radius 3 is 2.77 bits per heavy atom. The van der Waals surface area contributed by atoms with Gasteiger partial charge >= 0.3 is 0 Å². The van der Waals surface area contributed by atoms with E-state index in [9.17, 15) is 15.3 Å². The van der Waals surface area contributed by atoms with Gasteiger partial charge in [-0.25, -0.2) is 4.98 Å². The molecule has 0 radical (unpaired) electrons. The molecular formula is C16H18N4O4S2. The predicted molar refractivity (Wildman–Crippen MR) is 103 cm³/mol. The van der Waals surface area contributed by atoms with Crippen molar-refractivity contribution in [3.63, 3.8) is 0 Å². The van der Waals surface area contributed by atoms with Crippen LogP contribution in [0.15, 0.2) is 12.3 Å². The topological polar surface area (TPSA) is 112 Å². The molecule has 4 heterocycles. The molecule has 0 saturated carbocycles. The molecule has 2 aromatic heterocycles. The third-order valence-corrected chi connectivity index (χ3v) is 5.32. The summed E-state index contributed by atoms with van der Waals surface area (Å²) in [5.74, 6) is 1.10. The van der Waals surface area contributed by atoms with E-state index in [0.717, 1.165) is 16.3 Å². The second kappa shape index (κ2) is 5.91. The molecule has 0 spiro atoms. The van der Waals surface area contributed by atoms with Crippen LogP contribution in [0.25, 0.3) is 10.8 Å². The zero-order chi connectivity index (χ0) is 18.8. The summed E-state index contributed by atoms with van der Waals surface area (Å²) in [6.45, 7) is 2.98. The number of aliphatic hydroxyl groups is 3. The van der Waals surface area contributed by atoms with Gasteiger partial charge < -0.3 is 35.3 Å². The molecule has 26 heavy (non-hydrogen) atoms. The Hall–Kier alpha value is -1.69. The van der Waals surface area contributed by atoms with Gasteiger partial charge in [-0.1, -0.05) is 12.2 Å². The summed E-state index contributed by atoms with van der Waals surface area (Å²) in [4.78, 5) is 4.40. The van der Waals surface area contributed by atoms with E-state index in [1.54, 1.807) is 16.8 Å². The number of aliphatic hydroxyl groups excluding tert-OH is 2. The van der Waals surface area contributed by atoms with Gasteiger partial charge in [0.15, 0.2) is 11.3 Å². The van der Waals surface area contributed by atoms with Crippen molar-refractivity contribution < 1.29 is 20.1 Å². The summed E-state index contributed by atoms with van der Waals surface area (Å²) in [5.41, 5.74) is -0.711. The van der Waals surface area contributed by atoms with E-state index in [-0.39, 0.29) is 0 Å². The second-order valence-corrected chi connectivity index (χ2v) is 7.59. The molecule has 0 aromatic carbocycles. The lowest BCUT2D eigenvalue weighted by Gasteiger charge is -2.29. The summed E-state index contributed by atoms with van der Waals surface area (Å²) in [6, 6.07) is 1.78. The molecule has 1 saturated heterocycles. The molecule has 1 fully saturated rings. The van der Waals surface area contributed by atoms with Gasteiger partial charge in [-0.05, 0) is 37.7 Å². The molecule has 4 rings (SSSR count). The molecule has 1 unspecified atom stereocenters. The second-order valence-electron chi connectivity index (χ2n) is 6.76. The maximum Gasteiger partial charge on any atom is 0.177 e. The van der Waals surface area contributed by atoms with Crippen molar-refractivity contribution in [3.8, 4) is 0 Å². The van der Waals surface area contributed by atoms with Gasteiger partial charge in [-0.2, -0.15) is 0 Å². The van der Waals surface area contributed by atoms with Gasteiger partial charge in [-0.3, -0.25) is 0 Å². The summed E-state index contributed by atoms with van der Waals surface area (Å²) in [5, 5.41) is 38.6. The molecule has 0 amide bonds. The summed E-state index contributed by atoms with van der Waals surface area (Å²) < 4.78 is 7.86. The van der Waals surface area contributed by atoms with Crippen LogP contribution in [0.2, 0.25) is 0 Å². The fourth-order valence-electron chi connectivity index (χ4n) is 3.56. The fourth-order valence-corrected chi connectivity index (χ4v) is 4.03. The number of ether oxygens (including phenoxy) is 1. The maximum absolute atomic E-state index is 10.8. The monoisotopic (exact) mass is 394 g/mol. The molecule has 2 aromatic rings. The highest BCUT2D eigenvalue weighted by Gasteiger charge is 2.53. The maximum atomic E-state index is 10.8. The van der Waals surface area contributed by atoms with Gasteiger partial charge in [-0.15, -0.1) is 0 Å². The first-order valence-electron chi connectivity index (χ1n) is 8.05. The van der Waals surface area contributed by atoms with E-state index < -0.39 is 30.6 Å². The van der Waals surface area contributed by atoms with Gasteiger partial charge in [0.05, 0.1) is 12.0 Å². The minimum Gasteiger partial charge on any atom is -0.394 e. The van der Waals surface area contributed by atoms with Crippen molar-refractivity contribution in [3.05, 3.63) is 22.5 Å². The Bertz CT molecular complexity index is 990. The number of nitrogens with zero attached hydrogens (tertiary/aromatic N) is 2. The smallest absolute Gasteiger partial charge is 0.177 e. The van der Waals surface area contributed by atoms with Gasteiger partial charge in [0.2, 0.25) is 0 Å². The predicted octanol–water partition coefficient (Wildman–Crippen LogP) is 1.20. The minimum atomic E-state index is -1.61. The molecular weight excluding hydrogens is 376 g/mol. The molecule has 2 aliphatic heterocycles. The van der Waals surface area contributed by atoms with Crippen molar-refractivity contribution in [2.24, 2.45) is 0 Å². The Morgan fingerprint density at radius 1 is 1.38 bits per heavy atom. The summed E-state index contributed by atoms with van der Waals surface area (Å²) in [6.07, 6.45) is -1.26. The van der Waals surface area contributed by atoms with Crippen LogP contribution in [0, 0.1) is 11.6 Å². The molecule has 5 N–H and O–H groups in total. The number of thiocarbonyl (C=S) groups is 1. The van der Waals surface area contributed by atoms with Crippen LogP contribution in [0.5, 0.6) is 0 Å². The molecule has 8 nitrogen and oxygen atoms in total. The van der Waals surface area contributed by atoms with Crippen molar-refractivity contribution in [2.75, 3.05) is 17.2 Å². The third-order valence-electron chi connectivity index (χ3n) is 4.91. The Labute approximate surface area is 159 Å². The van der Waals surface area contributed by atoms with Crippen LogP contribution in [-0.2, 0) is 4.74 Å². The Balaban J connectivity index is 2.00. The lowest BCUT2D eigenvalue weighted by molar-refractivity contribution is -0.0953. The number of aryl methyl sites for hydroxylation is 1. The van der Waals surface area contributed by atoms with Crippen LogP contribution < -0.4 is 10.6 Å². The quantitative estimate of drug-likeness (QED) is 0.480. The number of anilines is 2. The number of hydrogen-bond donors (Lipinski definition) is 5. The molecule has 0 aliphatic carbocycles. The zero-order valence-electron chi connectivity index (χ0n) is 14.1. The average Bonchev–Trinajstić information content (AvgIpc) is 2.99. The summed E-state index contributed by atoms with van der Waals surface area (Å²) >= 11 is 10.5. The van der Waals surface area contributed by atoms with Gasteiger partial charge in [0.25, 0.3) is 0 Å². The zero-order valence-corrected chi connectivity index (χ0v) is 15.7. The van der Waals surface area contributed by atoms with Crippen molar-refractivity contribution in [1.82, 2.24) is 9.55 Å². The molecule has 138 valence electrons. The van der Waals surface area contributed by atoms with Crippen LogP contribution in [0.3, 0.4) is 0 Å². The fraction of sp³-hybridized carbons (Fsp3) is 0.438. The van der Waals surface area contributed by atoms with E-state index in [4.69, 9.17) is 29.2 Å². The highest BCUT2D eigenvalue weighted by Crippen LogP contribution is 2.44. The van der Waals surface area contributed by atoms with Crippen LogP contribution in [-0.4, -0.2) is 54.4 Å². The lowest BCUT2D eigenvalue weighted by atomic mass is 9.96. The van der Waals surface area contributed by atoms with E-state index in [2.05, 4.69) is 15.6 Å². The van der Waals surface area contributed by atoms with Crippen LogP contribution >= 0.6 is 24.4 Å². The molecule has 0 bridgehead atoms.